The summed E-state index contributed by atoms with van der Waals surface area (Å²) in [5.74, 6) is 0.800. The molecule has 2 amide bonds. The highest BCUT2D eigenvalue weighted by Crippen LogP contribution is 2.23. The fourth-order valence-corrected chi connectivity index (χ4v) is 3.13. The van der Waals surface area contributed by atoms with Gasteiger partial charge in [-0.3, -0.25) is 0 Å². The molecule has 0 saturated carbocycles. The summed E-state index contributed by atoms with van der Waals surface area (Å²) in [7, 11) is 5.54. The van der Waals surface area contributed by atoms with Crippen LogP contribution in [-0.4, -0.2) is 67.4 Å². The van der Waals surface area contributed by atoms with Gasteiger partial charge in [-0.15, -0.1) is 0 Å². The fourth-order valence-electron chi connectivity index (χ4n) is 3.13. The Labute approximate surface area is 144 Å². The van der Waals surface area contributed by atoms with Crippen molar-refractivity contribution in [1.29, 1.82) is 0 Å². The minimum atomic E-state index is -0.693. The van der Waals surface area contributed by atoms with Gasteiger partial charge in [0.2, 0.25) is 0 Å². The number of carbonyl (C=O) groups excluding carboxylic acids is 1. The smallest absolute Gasteiger partial charge is 0.317 e. The second-order valence-electron chi connectivity index (χ2n) is 6.89. The summed E-state index contributed by atoms with van der Waals surface area (Å²) in [4.78, 5) is 16.2. The average molecular weight is 335 g/mol. The zero-order valence-electron chi connectivity index (χ0n) is 15.1. The zero-order chi connectivity index (χ0) is 17.7. The second kappa shape index (κ2) is 7.85. The van der Waals surface area contributed by atoms with Crippen LogP contribution in [0.5, 0.6) is 5.75 Å². The number of hydrogen-bond acceptors (Lipinski definition) is 4. The molecule has 1 aromatic rings. The molecule has 6 heteroatoms. The van der Waals surface area contributed by atoms with Crippen molar-refractivity contribution in [2.24, 2.45) is 0 Å². The molecular weight excluding hydrogens is 306 g/mol. The number of hydrogen-bond donors (Lipinski definition) is 2. The number of likely N-dealkylation sites (tertiary alicyclic amines) is 1. The minimum Gasteiger partial charge on any atom is -0.497 e. The molecule has 0 bridgehead atoms. The van der Waals surface area contributed by atoms with E-state index in [9.17, 15) is 9.90 Å². The molecule has 2 N–H and O–H groups in total. The molecule has 0 radical (unpaired) electrons. The van der Waals surface area contributed by atoms with Gasteiger partial charge in [0.05, 0.1) is 18.8 Å². The Kier molecular flexibility index (Phi) is 6.07. The maximum Gasteiger partial charge on any atom is 0.317 e. The van der Waals surface area contributed by atoms with Crippen molar-refractivity contribution < 1.29 is 14.6 Å². The molecule has 2 rings (SSSR count). The normalized spacial score (nSPS) is 18.3. The van der Waals surface area contributed by atoms with E-state index in [1.807, 2.05) is 50.2 Å². The van der Waals surface area contributed by atoms with E-state index in [-0.39, 0.29) is 12.1 Å². The van der Waals surface area contributed by atoms with Gasteiger partial charge in [0.25, 0.3) is 0 Å². The lowest BCUT2D eigenvalue weighted by Gasteiger charge is -2.39. The summed E-state index contributed by atoms with van der Waals surface area (Å²) < 4.78 is 5.15. The number of carbonyl (C=O) groups is 1. The first-order valence-electron chi connectivity index (χ1n) is 8.39. The number of nitrogens with one attached hydrogen (secondary N) is 1. The van der Waals surface area contributed by atoms with Gasteiger partial charge in [0, 0.05) is 19.6 Å². The van der Waals surface area contributed by atoms with Crippen LogP contribution < -0.4 is 10.1 Å². The maximum atomic E-state index is 12.4. The molecule has 1 fully saturated rings. The van der Waals surface area contributed by atoms with Crippen molar-refractivity contribution in [1.82, 2.24) is 15.1 Å². The van der Waals surface area contributed by atoms with E-state index in [0.717, 1.165) is 11.3 Å². The van der Waals surface area contributed by atoms with Crippen LogP contribution in [0.3, 0.4) is 0 Å². The Bertz CT molecular complexity index is 537. The predicted molar refractivity (Wildman–Crippen MR) is 94.3 cm³/mol. The van der Waals surface area contributed by atoms with Crippen LogP contribution in [0.25, 0.3) is 0 Å². The van der Waals surface area contributed by atoms with Gasteiger partial charge < -0.3 is 25.0 Å². The summed E-state index contributed by atoms with van der Waals surface area (Å²) >= 11 is 0. The lowest BCUT2D eigenvalue weighted by Crippen LogP contribution is -2.53. The van der Waals surface area contributed by atoms with Crippen LogP contribution in [0.4, 0.5) is 4.79 Å². The molecule has 0 spiro atoms. The Morgan fingerprint density at radius 1 is 1.33 bits per heavy atom. The summed E-state index contributed by atoms with van der Waals surface area (Å²) in [6, 6.07) is 7.53. The highest BCUT2D eigenvalue weighted by atomic mass is 16.5. The Balaban J connectivity index is 1.86. The number of amides is 2. The van der Waals surface area contributed by atoms with Gasteiger partial charge in [-0.05, 0) is 51.6 Å². The molecule has 1 atom stereocenters. The van der Waals surface area contributed by atoms with Gasteiger partial charge >= 0.3 is 6.03 Å². The molecule has 24 heavy (non-hydrogen) atoms. The third-order valence-electron chi connectivity index (χ3n) is 4.55. The molecule has 134 valence electrons. The fraction of sp³-hybridized carbons (Fsp3) is 0.611. The van der Waals surface area contributed by atoms with Crippen LogP contribution in [0, 0.1) is 0 Å². The number of ether oxygens (including phenoxy) is 1. The number of aliphatic hydroxyl groups is 1. The molecule has 1 saturated heterocycles. The largest absolute Gasteiger partial charge is 0.497 e. The SMILES string of the molecule is COc1ccc([C@@H](C)NC(=O)N2CCC(O)(CN(C)C)CC2)cc1. The minimum absolute atomic E-state index is 0.0778. The topological polar surface area (TPSA) is 65.0 Å². The van der Waals surface area contributed by atoms with Gasteiger partial charge in [-0.25, -0.2) is 4.79 Å². The van der Waals surface area contributed by atoms with Crippen molar-refractivity contribution in [3.05, 3.63) is 29.8 Å². The molecule has 1 heterocycles. The average Bonchev–Trinajstić information content (AvgIpc) is 2.54. The van der Waals surface area contributed by atoms with E-state index in [1.165, 1.54) is 0 Å². The van der Waals surface area contributed by atoms with Gasteiger partial charge in [-0.2, -0.15) is 0 Å². The van der Waals surface area contributed by atoms with E-state index < -0.39 is 5.60 Å². The van der Waals surface area contributed by atoms with Gasteiger partial charge in [0.15, 0.2) is 0 Å². The molecule has 6 nitrogen and oxygen atoms in total. The lowest BCUT2D eigenvalue weighted by atomic mass is 9.91. The first kappa shape index (κ1) is 18.5. The number of likely N-dealkylation sites (N-methyl/N-ethyl adjacent to an activating group) is 1. The van der Waals surface area contributed by atoms with Crippen molar-refractivity contribution in [2.75, 3.05) is 40.8 Å². The Morgan fingerprint density at radius 2 is 1.92 bits per heavy atom. The number of methoxy groups -OCH3 is 1. The number of rotatable bonds is 5. The maximum absolute atomic E-state index is 12.4. The number of urea groups is 1. The monoisotopic (exact) mass is 335 g/mol. The zero-order valence-corrected chi connectivity index (χ0v) is 15.1. The first-order valence-corrected chi connectivity index (χ1v) is 8.39. The molecule has 1 aromatic carbocycles. The Morgan fingerprint density at radius 3 is 2.42 bits per heavy atom. The van der Waals surface area contributed by atoms with Crippen LogP contribution in [0.1, 0.15) is 31.4 Å². The number of nitrogens with zero attached hydrogens (tertiary/aromatic N) is 2. The molecular formula is C18H29N3O3. The summed E-state index contributed by atoms with van der Waals surface area (Å²) in [5, 5.41) is 13.6. The summed E-state index contributed by atoms with van der Waals surface area (Å²) in [6.07, 6.45) is 1.21. The van der Waals surface area contributed by atoms with Crippen molar-refractivity contribution in [3.8, 4) is 5.75 Å². The van der Waals surface area contributed by atoms with E-state index in [1.54, 1.807) is 12.0 Å². The van der Waals surface area contributed by atoms with Crippen LogP contribution in [0.2, 0.25) is 0 Å². The Hall–Kier alpha value is -1.79. The lowest BCUT2D eigenvalue weighted by molar-refractivity contribution is -0.0294. The van der Waals surface area contributed by atoms with E-state index >= 15 is 0 Å². The standard InChI is InChI=1S/C18H29N3O3/c1-14(15-5-7-16(24-4)8-6-15)19-17(22)21-11-9-18(23,10-12-21)13-20(2)3/h5-8,14,23H,9-13H2,1-4H3,(H,19,22)/t14-/m1/s1. The predicted octanol–water partition coefficient (Wildman–Crippen LogP) is 1.85. The van der Waals surface area contributed by atoms with Crippen molar-refractivity contribution >= 4 is 6.03 Å². The van der Waals surface area contributed by atoms with E-state index in [4.69, 9.17) is 4.74 Å². The van der Waals surface area contributed by atoms with E-state index in [0.29, 0.717) is 32.5 Å². The third kappa shape index (κ3) is 4.85. The van der Waals surface area contributed by atoms with E-state index in [2.05, 4.69) is 5.32 Å². The number of piperidine rings is 1. The summed E-state index contributed by atoms with van der Waals surface area (Å²) in [6.45, 7) is 3.74. The van der Waals surface area contributed by atoms with Crippen LogP contribution in [-0.2, 0) is 0 Å². The molecule has 0 aromatic heterocycles. The molecule has 0 unspecified atom stereocenters. The van der Waals surface area contributed by atoms with Crippen LogP contribution >= 0.6 is 0 Å². The van der Waals surface area contributed by atoms with Crippen LogP contribution in [0.15, 0.2) is 24.3 Å². The molecule has 1 aliphatic rings. The van der Waals surface area contributed by atoms with Gasteiger partial charge in [-0.1, -0.05) is 12.1 Å². The van der Waals surface area contributed by atoms with Crippen molar-refractivity contribution in [3.63, 3.8) is 0 Å². The van der Waals surface area contributed by atoms with Crippen molar-refractivity contribution in [2.45, 2.75) is 31.4 Å². The second-order valence-corrected chi connectivity index (χ2v) is 6.89. The van der Waals surface area contributed by atoms with Gasteiger partial charge in [0.1, 0.15) is 5.75 Å². The third-order valence-corrected chi connectivity index (χ3v) is 4.55. The summed E-state index contributed by atoms with van der Waals surface area (Å²) in [5.41, 5.74) is 0.340. The molecule has 1 aliphatic heterocycles. The highest BCUT2D eigenvalue weighted by molar-refractivity contribution is 5.74. The molecule has 0 aliphatic carbocycles. The highest BCUT2D eigenvalue weighted by Gasteiger charge is 2.34. The first-order chi connectivity index (χ1) is 11.3. The number of benzene rings is 1. The quantitative estimate of drug-likeness (QED) is 0.862.